The third kappa shape index (κ3) is 2.43. The van der Waals surface area contributed by atoms with Gasteiger partial charge in [-0.1, -0.05) is 13.8 Å². The lowest BCUT2D eigenvalue weighted by Crippen LogP contribution is -1.95. The zero-order valence-corrected chi connectivity index (χ0v) is 12.6. The lowest BCUT2D eigenvalue weighted by Gasteiger charge is -2.13. The van der Waals surface area contributed by atoms with Crippen molar-refractivity contribution in [3.8, 4) is 17.0 Å². The first kappa shape index (κ1) is 13.1. The van der Waals surface area contributed by atoms with Crippen molar-refractivity contribution in [2.45, 2.75) is 26.7 Å². The van der Waals surface area contributed by atoms with Crippen molar-refractivity contribution in [3.05, 3.63) is 34.2 Å². The number of hydrogen-bond donors (Lipinski definition) is 1. The van der Waals surface area contributed by atoms with E-state index in [2.05, 4.69) is 45.8 Å². The number of aryl methyl sites for hydroxylation is 1. The smallest absolute Gasteiger partial charge is 0.122 e. The third-order valence-corrected chi connectivity index (χ3v) is 3.48. The second-order valence-corrected chi connectivity index (χ2v) is 5.39. The number of aromatic amines is 1. The van der Waals surface area contributed by atoms with Crippen LogP contribution in [0.3, 0.4) is 0 Å². The highest BCUT2D eigenvalue weighted by atomic mass is 79.9. The van der Waals surface area contributed by atoms with Crippen LogP contribution in [0.1, 0.15) is 31.2 Å². The number of hydrogen-bond acceptors (Lipinski definition) is 2. The summed E-state index contributed by atoms with van der Waals surface area (Å²) in [6.45, 7) is 6.26. The molecule has 1 heterocycles. The number of rotatable bonds is 3. The maximum absolute atomic E-state index is 5.39. The van der Waals surface area contributed by atoms with Gasteiger partial charge in [0.1, 0.15) is 21.9 Å². The molecule has 1 N–H and O–H groups in total. The van der Waals surface area contributed by atoms with Gasteiger partial charge in [0.2, 0.25) is 0 Å². The fourth-order valence-electron chi connectivity index (χ4n) is 1.99. The fourth-order valence-corrected chi connectivity index (χ4v) is 2.59. The first-order valence-electron chi connectivity index (χ1n) is 5.93. The highest BCUT2D eigenvalue weighted by molar-refractivity contribution is 9.10. The van der Waals surface area contributed by atoms with E-state index in [0.29, 0.717) is 5.92 Å². The Morgan fingerprint density at radius 2 is 2.06 bits per heavy atom. The molecule has 96 valence electrons. The Morgan fingerprint density at radius 1 is 1.33 bits per heavy atom. The number of imidazole rings is 1. The van der Waals surface area contributed by atoms with E-state index in [0.717, 1.165) is 27.4 Å². The molecule has 4 heteroatoms. The van der Waals surface area contributed by atoms with Crippen LogP contribution in [0.5, 0.6) is 5.75 Å². The zero-order chi connectivity index (χ0) is 13.3. The molecule has 2 aromatic rings. The van der Waals surface area contributed by atoms with Gasteiger partial charge in [-0.25, -0.2) is 4.98 Å². The Balaban J connectivity index is 2.53. The molecular formula is C14H17BrN2O. The molecule has 18 heavy (non-hydrogen) atoms. The van der Waals surface area contributed by atoms with E-state index in [1.165, 1.54) is 5.56 Å². The SMILES string of the molecule is COc1ccc(-c2nc(C)[nH]c2Br)cc1C(C)C. The largest absolute Gasteiger partial charge is 0.496 e. The van der Waals surface area contributed by atoms with Gasteiger partial charge >= 0.3 is 0 Å². The first-order chi connectivity index (χ1) is 8.52. The Labute approximate surface area is 116 Å². The number of nitrogens with one attached hydrogen (secondary N) is 1. The van der Waals surface area contributed by atoms with Crippen LogP contribution in [0.2, 0.25) is 0 Å². The average Bonchev–Trinajstić information content (AvgIpc) is 2.67. The molecule has 0 radical (unpaired) electrons. The van der Waals surface area contributed by atoms with E-state index < -0.39 is 0 Å². The van der Waals surface area contributed by atoms with Crippen molar-refractivity contribution in [1.82, 2.24) is 9.97 Å². The van der Waals surface area contributed by atoms with Crippen LogP contribution in [0.25, 0.3) is 11.3 Å². The monoisotopic (exact) mass is 308 g/mol. The summed E-state index contributed by atoms with van der Waals surface area (Å²) >= 11 is 3.50. The molecule has 0 unspecified atom stereocenters. The molecule has 0 saturated carbocycles. The van der Waals surface area contributed by atoms with Gasteiger partial charge in [0.25, 0.3) is 0 Å². The fraction of sp³-hybridized carbons (Fsp3) is 0.357. The van der Waals surface area contributed by atoms with E-state index in [9.17, 15) is 0 Å². The Kier molecular flexibility index (Phi) is 3.76. The van der Waals surface area contributed by atoms with Crippen LogP contribution in [-0.4, -0.2) is 17.1 Å². The standard InChI is InChI=1S/C14H17BrN2O/c1-8(2)11-7-10(5-6-12(11)18-4)13-14(15)17-9(3)16-13/h5-8H,1-4H3,(H,16,17). The third-order valence-electron chi connectivity index (χ3n) is 2.90. The van der Waals surface area contributed by atoms with Crippen molar-refractivity contribution >= 4 is 15.9 Å². The summed E-state index contributed by atoms with van der Waals surface area (Å²) in [7, 11) is 1.70. The van der Waals surface area contributed by atoms with E-state index in [1.54, 1.807) is 7.11 Å². The van der Waals surface area contributed by atoms with E-state index in [1.807, 2.05) is 19.1 Å². The maximum Gasteiger partial charge on any atom is 0.122 e. The van der Waals surface area contributed by atoms with Crippen molar-refractivity contribution in [3.63, 3.8) is 0 Å². The predicted molar refractivity (Wildman–Crippen MR) is 77.1 cm³/mol. The normalized spacial score (nSPS) is 11.0. The van der Waals surface area contributed by atoms with Gasteiger partial charge in [-0.05, 0) is 52.5 Å². The van der Waals surface area contributed by atoms with E-state index in [4.69, 9.17) is 4.74 Å². The molecule has 0 fully saturated rings. The number of aromatic nitrogens is 2. The predicted octanol–water partition coefficient (Wildman–Crippen LogP) is 4.28. The van der Waals surface area contributed by atoms with Crippen LogP contribution < -0.4 is 4.74 Å². The van der Waals surface area contributed by atoms with Crippen LogP contribution in [-0.2, 0) is 0 Å². The molecule has 0 aliphatic carbocycles. The van der Waals surface area contributed by atoms with Crippen molar-refractivity contribution in [2.24, 2.45) is 0 Å². The Morgan fingerprint density at radius 3 is 2.56 bits per heavy atom. The van der Waals surface area contributed by atoms with Gasteiger partial charge in [-0.3, -0.25) is 0 Å². The van der Waals surface area contributed by atoms with E-state index >= 15 is 0 Å². The van der Waals surface area contributed by atoms with Crippen LogP contribution in [0, 0.1) is 6.92 Å². The maximum atomic E-state index is 5.39. The topological polar surface area (TPSA) is 37.9 Å². The minimum absolute atomic E-state index is 0.415. The van der Waals surface area contributed by atoms with Crippen LogP contribution in [0.4, 0.5) is 0 Å². The quantitative estimate of drug-likeness (QED) is 0.919. The summed E-state index contributed by atoms with van der Waals surface area (Å²) in [5, 5.41) is 0. The number of nitrogens with zero attached hydrogens (tertiary/aromatic N) is 1. The summed E-state index contributed by atoms with van der Waals surface area (Å²) in [5.74, 6) is 2.25. The van der Waals surface area contributed by atoms with Gasteiger partial charge in [0.05, 0.1) is 7.11 Å². The molecule has 0 atom stereocenters. The van der Waals surface area contributed by atoms with Gasteiger partial charge in [0.15, 0.2) is 0 Å². The summed E-state index contributed by atoms with van der Waals surface area (Å²) in [6, 6.07) is 6.18. The molecule has 0 aliphatic rings. The molecule has 0 amide bonds. The van der Waals surface area contributed by atoms with Crippen LogP contribution in [0.15, 0.2) is 22.8 Å². The lowest BCUT2D eigenvalue weighted by atomic mass is 9.98. The van der Waals surface area contributed by atoms with Gasteiger partial charge in [-0.15, -0.1) is 0 Å². The minimum atomic E-state index is 0.415. The Hall–Kier alpha value is -1.29. The van der Waals surface area contributed by atoms with Gasteiger partial charge < -0.3 is 9.72 Å². The second-order valence-electron chi connectivity index (χ2n) is 4.60. The molecule has 0 aliphatic heterocycles. The average molecular weight is 309 g/mol. The van der Waals surface area contributed by atoms with Crippen molar-refractivity contribution in [2.75, 3.05) is 7.11 Å². The number of methoxy groups -OCH3 is 1. The summed E-state index contributed by atoms with van der Waals surface area (Å²) < 4.78 is 6.31. The zero-order valence-electron chi connectivity index (χ0n) is 11.0. The van der Waals surface area contributed by atoms with Gasteiger partial charge in [0, 0.05) is 5.56 Å². The van der Waals surface area contributed by atoms with E-state index in [-0.39, 0.29) is 0 Å². The molecule has 1 aromatic carbocycles. The molecule has 1 aromatic heterocycles. The molecule has 2 rings (SSSR count). The summed E-state index contributed by atoms with van der Waals surface area (Å²) in [6.07, 6.45) is 0. The second kappa shape index (κ2) is 5.14. The van der Waals surface area contributed by atoms with Gasteiger partial charge in [-0.2, -0.15) is 0 Å². The first-order valence-corrected chi connectivity index (χ1v) is 6.72. The molecule has 0 spiro atoms. The highest BCUT2D eigenvalue weighted by Crippen LogP contribution is 2.33. The number of H-pyrrole nitrogens is 1. The summed E-state index contributed by atoms with van der Waals surface area (Å²) in [5.41, 5.74) is 3.23. The van der Waals surface area contributed by atoms with Crippen molar-refractivity contribution in [1.29, 1.82) is 0 Å². The number of ether oxygens (including phenoxy) is 1. The lowest BCUT2D eigenvalue weighted by molar-refractivity contribution is 0.407. The van der Waals surface area contributed by atoms with Crippen LogP contribution >= 0.6 is 15.9 Å². The minimum Gasteiger partial charge on any atom is -0.496 e. The summed E-state index contributed by atoms with van der Waals surface area (Å²) in [4.78, 5) is 7.65. The molecule has 0 bridgehead atoms. The number of benzene rings is 1. The molecule has 3 nitrogen and oxygen atoms in total. The highest BCUT2D eigenvalue weighted by Gasteiger charge is 2.13. The molecular weight excluding hydrogens is 292 g/mol. The molecule has 0 saturated heterocycles. The van der Waals surface area contributed by atoms with Crippen molar-refractivity contribution < 1.29 is 4.74 Å². The Bertz CT molecular complexity index is 561. The number of halogens is 1.